The van der Waals surface area contributed by atoms with Crippen molar-refractivity contribution in [1.29, 1.82) is 0 Å². The number of Topliss-reactive ketones (excluding diaryl/α,β-unsaturated/α-hetero) is 1. The molecule has 39 heavy (non-hydrogen) atoms. The normalized spacial score (nSPS) is 19.5. The van der Waals surface area contributed by atoms with Gasteiger partial charge in [-0.05, 0) is 49.1 Å². The fourth-order valence-corrected chi connectivity index (χ4v) is 6.62. The van der Waals surface area contributed by atoms with Crippen LogP contribution >= 0.6 is 11.3 Å². The van der Waals surface area contributed by atoms with Crippen LogP contribution in [0.4, 0.5) is 5.69 Å². The summed E-state index contributed by atoms with van der Waals surface area (Å²) < 4.78 is 1.02. The molecule has 0 radical (unpaired) electrons. The van der Waals surface area contributed by atoms with Gasteiger partial charge >= 0.3 is 0 Å². The molecule has 1 N–H and O–H groups in total. The number of amides is 3. The molecule has 5 rings (SSSR count). The zero-order valence-electron chi connectivity index (χ0n) is 22.7. The highest BCUT2D eigenvalue weighted by Crippen LogP contribution is 2.34. The number of anilines is 1. The van der Waals surface area contributed by atoms with Crippen LogP contribution < -0.4 is 10.2 Å². The third-order valence-electron chi connectivity index (χ3n) is 7.63. The fourth-order valence-electron chi connectivity index (χ4n) is 5.68. The van der Waals surface area contributed by atoms with Crippen LogP contribution in [0, 0.1) is 5.92 Å². The molecule has 2 saturated heterocycles. The molecule has 0 spiro atoms. The summed E-state index contributed by atoms with van der Waals surface area (Å²) in [5.74, 6) is -0.742. The molecule has 3 atom stereocenters. The standard InChI is InChI=1S/C30H34N4O4S/c1-18(2)15-23(31-28(36)19-9-11-20(12-10-19)32(3)4)30(38)33-14-13-24-27(33)25(35)16-34(24)29(37)22-17-39-26-8-6-5-7-21(22)26/h5-12,17-18,23-24,27H,13-16H2,1-4H3,(H,31,36). The van der Waals surface area contributed by atoms with Crippen molar-refractivity contribution < 1.29 is 19.2 Å². The largest absolute Gasteiger partial charge is 0.378 e. The summed E-state index contributed by atoms with van der Waals surface area (Å²) in [6, 6.07) is 13.1. The van der Waals surface area contributed by atoms with Crippen molar-refractivity contribution in [2.24, 2.45) is 5.92 Å². The Morgan fingerprint density at radius 3 is 2.46 bits per heavy atom. The number of rotatable bonds is 7. The number of carbonyl (C=O) groups excluding carboxylic acids is 4. The average molecular weight is 547 g/mol. The maximum Gasteiger partial charge on any atom is 0.256 e. The second-order valence-electron chi connectivity index (χ2n) is 11.0. The Balaban J connectivity index is 1.33. The second kappa shape index (κ2) is 10.8. The average Bonchev–Trinajstić information content (AvgIpc) is 3.62. The lowest BCUT2D eigenvalue weighted by molar-refractivity contribution is -0.138. The minimum absolute atomic E-state index is 0.0124. The predicted molar refractivity (Wildman–Crippen MR) is 153 cm³/mol. The Kier molecular flexibility index (Phi) is 7.44. The van der Waals surface area contributed by atoms with E-state index in [1.807, 2.05) is 74.6 Å². The molecule has 2 aromatic carbocycles. The Morgan fingerprint density at radius 2 is 1.77 bits per heavy atom. The second-order valence-corrected chi connectivity index (χ2v) is 11.9. The van der Waals surface area contributed by atoms with Gasteiger partial charge in [0.05, 0.1) is 18.2 Å². The van der Waals surface area contributed by atoms with Crippen LogP contribution in [-0.4, -0.2) is 78.6 Å². The van der Waals surface area contributed by atoms with Crippen LogP contribution in [0.3, 0.4) is 0 Å². The van der Waals surface area contributed by atoms with E-state index in [2.05, 4.69) is 5.32 Å². The molecular weight excluding hydrogens is 512 g/mol. The Bertz CT molecular complexity index is 1410. The zero-order valence-corrected chi connectivity index (χ0v) is 23.5. The molecule has 0 aliphatic carbocycles. The van der Waals surface area contributed by atoms with E-state index in [1.54, 1.807) is 21.9 Å². The lowest BCUT2D eigenvalue weighted by atomic mass is 10.0. The summed E-state index contributed by atoms with van der Waals surface area (Å²) in [7, 11) is 3.86. The van der Waals surface area contributed by atoms with Gasteiger partial charge in [-0.25, -0.2) is 0 Å². The maximum absolute atomic E-state index is 13.8. The SMILES string of the molecule is CC(C)CC(NC(=O)c1ccc(N(C)C)cc1)C(=O)N1CCC2C1C(=O)CN2C(=O)c1csc2ccccc12. The van der Waals surface area contributed by atoms with Gasteiger partial charge in [-0.15, -0.1) is 11.3 Å². The van der Waals surface area contributed by atoms with E-state index in [-0.39, 0.29) is 42.0 Å². The highest BCUT2D eigenvalue weighted by atomic mass is 32.1. The fraction of sp³-hybridized carbons (Fsp3) is 0.400. The molecule has 8 nitrogen and oxygen atoms in total. The van der Waals surface area contributed by atoms with Gasteiger partial charge in [0.15, 0.2) is 5.78 Å². The number of hydrogen-bond donors (Lipinski definition) is 1. The van der Waals surface area contributed by atoms with Gasteiger partial charge in [0.1, 0.15) is 12.1 Å². The minimum Gasteiger partial charge on any atom is -0.378 e. The smallest absolute Gasteiger partial charge is 0.256 e. The summed E-state index contributed by atoms with van der Waals surface area (Å²) in [4.78, 5) is 58.8. The topological polar surface area (TPSA) is 90.0 Å². The number of nitrogens with zero attached hydrogens (tertiary/aromatic N) is 3. The molecule has 3 amide bonds. The molecule has 204 valence electrons. The number of likely N-dealkylation sites (tertiary alicyclic amines) is 2. The van der Waals surface area contributed by atoms with Gasteiger partial charge in [-0.3, -0.25) is 19.2 Å². The van der Waals surface area contributed by atoms with Gasteiger partial charge < -0.3 is 20.0 Å². The van der Waals surface area contributed by atoms with Gasteiger partial charge in [0.25, 0.3) is 11.8 Å². The van der Waals surface area contributed by atoms with Gasteiger partial charge in [0, 0.05) is 47.4 Å². The van der Waals surface area contributed by atoms with Crippen LogP contribution in [0.2, 0.25) is 0 Å². The predicted octanol–water partition coefficient (Wildman–Crippen LogP) is 3.81. The van der Waals surface area contributed by atoms with Crippen LogP contribution in [0.25, 0.3) is 10.1 Å². The molecule has 0 saturated carbocycles. The van der Waals surface area contributed by atoms with Gasteiger partial charge in [-0.2, -0.15) is 0 Å². The molecule has 9 heteroatoms. The number of benzene rings is 2. The van der Waals surface area contributed by atoms with Crippen molar-refractivity contribution in [3.63, 3.8) is 0 Å². The van der Waals surface area contributed by atoms with Crippen molar-refractivity contribution in [3.8, 4) is 0 Å². The lowest BCUT2D eigenvalue weighted by Crippen LogP contribution is -2.53. The van der Waals surface area contributed by atoms with Gasteiger partial charge in [0.2, 0.25) is 5.91 Å². The highest BCUT2D eigenvalue weighted by Gasteiger charge is 2.52. The summed E-state index contributed by atoms with van der Waals surface area (Å²) in [6.07, 6.45) is 0.982. The van der Waals surface area contributed by atoms with E-state index in [1.165, 1.54) is 11.3 Å². The minimum atomic E-state index is -0.761. The molecule has 0 bridgehead atoms. The van der Waals surface area contributed by atoms with Crippen molar-refractivity contribution in [2.45, 2.75) is 44.8 Å². The summed E-state index contributed by atoms with van der Waals surface area (Å²) in [5, 5.41) is 5.66. The molecule has 2 aliphatic heterocycles. The molecule has 1 aromatic heterocycles. The summed E-state index contributed by atoms with van der Waals surface area (Å²) >= 11 is 1.51. The van der Waals surface area contributed by atoms with Crippen molar-refractivity contribution in [3.05, 3.63) is 65.0 Å². The third kappa shape index (κ3) is 5.15. The number of carbonyl (C=O) groups is 4. The van der Waals surface area contributed by atoms with Gasteiger partial charge in [-0.1, -0.05) is 32.0 Å². The number of nitrogens with one attached hydrogen (secondary N) is 1. The first kappa shape index (κ1) is 26.9. The first-order valence-electron chi connectivity index (χ1n) is 13.3. The number of fused-ring (bicyclic) bond motifs is 2. The molecule has 2 fully saturated rings. The van der Waals surface area contributed by atoms with E-state index >= 15 is 0 Å². The van der Waals surface area contributed by atoms with E-state index in [9.17, 15) is 19.2 Å². The first-order valence-corrected chi connectivity index (χ1v) is 14.2. The summed E-state index contributed by atoms with van der Waals surface area (Å²) in [5.41, 5.74) is 2.04. The molecule has 3 heterocycles. The lowest BCUT2D eigenvalue weighted by Gasteiger charge is -2.29. The first-order chi connectivity index (χ1) is 18.7. The number of hydrogen-bond acceptors (Lipinski definition) is 6. The van der Waals surface area contributed by atoms with Crippen molar-refractivity contribution in [2.75, 3.05) is 32.1 Å². The maximum atomic E-state index is 13.8. The molecular formula is C30H34N4O4S. The van der Waals surface area contributed by atoms with Crippen molar-refractivity contribution in [1.82, 2.24) is 15.1 Å². The molecule has 2 aliphatic rings. The number of ketones is 1. The van der Waals surface area contributed by atoms with Crippen LogP contribution in [0.5, 0.6) is 0 Å². The van der Waals surface area contributed by atoms with Crippen molar-refractivity contribution >= 4 is 50.6 Å². The van der Waals surface area contributed by atoms with E-state index in [4.69, 9.17) is 0 Å². The summed E-state index contributed by atoms with van der Waals surface area (Å²) in [6.45, 7) is 4.35. The van der Waals surface area contributed by atoms with E-state index < -0.39 is 12.1 Å². The van der Waals surface area contributed by atoms with E-state index in [0.717, 1.165) is 15.8 Å². The quantitative estimate of drug-likeness (QED) is 0.487. The Morgan fingerprint density at radius 1 is 1.05 bits per heavy atom. The third-order valence-corrected chi connectivity index (χ3v) is 8.60. The van der Waals surface area contributed by atoms with E-state index in [0.29, 0.717) is 30.5 Å². The Labute approximate surface area is 232 Å². The van der Waals surface area contributed by atoms with Crippen LogP contribution in [0.15, 0.2) is 53.9 Å². The number of thiophene rings is 1. The van der Waals surface area contributed by atoms with Crippen LogP contribution in [-0.2, 0) is 9.59 Å². The molecule has 3 aromatic rings. The molecule has 3 unspecified atom stereocenters. The van der Waals surface area contributed by atoms with Crippen LogP contribution in [0.1, 0.15) is 47.4 Å². The Hall–Kier alpha value is -3.72. The monoisotopic (exact) mass is 546 g/mol. The zero-order chi connectivity index (χ0) is 27.8. The highest BCUT2D eigenvalue weighted by molar-refractivity contribution is 7.17.